The van der Waals surface area contributed by atoms with E-state index >= 15 is 0 Å². The lowest BCUT2D eigenvalue weighted by atomic mass is 9.83. The van der Waals surface area contributed by atoms with Crippen LogP contribution in [0.4, 0.5) is 0 Å². The Kier molecular flexibility index (Phi) is 9.35. The molecule has 0 unspecified atom stereocenters. The van der Waals surface area contributed by atoms with Gasteiger partial charge in [0.05, 0.1) is 7.11 Å². The lowest BCUT2D eigenvalue weighted by Crippen LogP contribution is -2.19. The zero-order valence-electron chi connectivity index (χ0n) is 19.6. The molecular weight excluding hydrogens is 428 g/mol. The van der Waals surface area contributed by atoms with Crippen LogP contribution in [0.15, 0.2) is 36.4 Å². The van der Waals surface area contributed by atoms with Crippen LogP contribution >= 0.6 is 0 Å². The van der Waals surface area contributed by atoms with Crippen LogP contribution in [-0.4, -0.2) is 54.6 Å². The summed E-state index contributed by atoms with van der Waals surface area (Å²) in [6, 6.07) is 10.8. The van der Waals surface area contributed by atoms with Crippen molar-refractivity contribution in [1.29, 1.82) is 0 Å². The molecule has 2 aromatic carbocycles. The maximum Gasteiger partial charge on any atom is 0.188 e. The van der Waals surface area contributed by atoms with Crippen LogP contribution in [0, 0.1) is 5.92 Å². The SMILES string of the molecule is COCOc1ccc(C(=O)[C@@H]2CCC[C@@H]2c2cc(OCOC)cc(OC)c2OCOC)cc1. The first-order valence-corrected chi connectivity index (χ1v) is 10.8. The standard InChI is InChI=1S/C25H32O8/c1-27-14-31-18-10-8-17(9-11-18)24(26)21-7-5-6-20(21)22-12-19(32-15-28-2)13-23(30-4)25(22)33-16-29-3/h8-13,20-21H,5-7,14-16H2,1-4H3/t20-,21+/m0/s1. The zero-order chi connectivity index (χ0) is 23.6. The molecule has 0 bridgehead atoms. The van der Waals surface area contributed by atoms with E-state index < -0.39 is 0 Å². The zero-order valence-corrected chi connectivity index (χ0v) is 19.6. The molecule has 180 valence electrons. The number of hydrogen-bond acceptors (Lipinski definition) is 8. The molecule has 1 saturated carbocycles. The van der Waals surface area contributed by atoms with E-state index in [4.69, 9.17) is 33.2 Å². The Morgan fingerprint density at radius 2 is 1.45 bits per heavy atom. The highest BCUT2D eigenvalue weighted by atomic mass is 16.7. The molecule has 0 heterocycles. The monoisotopic (exact) mass is 460 g/mol. The first-order chi connectivity index (χ1) is 16.1. The highest BCUT2D eigenvalue weighted by Crippen LogP contribution is 2.48. The Balaban J connectivity index is 1.91. The van der Waals surface area contributed by atoms with E-state index in [1.165, 1.54) is 0 Å². The molecule has 1 aliphatic carbocycles. The van der Waals surface area contributed by atoms with E-state index in [9.17, 15) is 4.79 Å². The molecule has 8 nitrogen and oxygen atoms in total. The van der Waals surface area contributed by atoms with Crippen molar-refractivity contribution in [3.63, 3.8) is 0 Å². The van der Waals surface area contributed by atoms with Gasteiger partial charge in [0, 0.05) is 44.4 Å². The summed E-state index contributed by atoms with van der Waals surface area (Å²) in [4.78, 5) is 13.5. The van der Waals surface area contributed by atoms with Crippen LogP contribution < -0.4 is 18.9 Å². The van der Waals surface area contributed by atoms with E-state index in [0.29, 0.717) is 28.6 Å². The van der Waals surface area contributed by atoms with Crippen LogP contribution in [0.5, 0.6) is 23.0 Å². The number of rotatable bonds is 13. The van der Waals surface area contributed by atoms with Crippen molar-refractivity contribution >= 4 is 5.78 Å². The highest BCUT2D eigenvalue weighted by molar-refractivity contribution is 5.98. The van der Waals surface area contributed by atoms with Gasteiger partial charge in [-0.3, -0.25) is 4.79 Å². The Bertz CT molecular complexity index is 896. The minimum atomic E-state index is -0.192. The number of ether oxygens (including phenoxy) is 7. The molecule has 3 rings (SSSR count). The largest absolute Gasteiger partial charge is 0.493 e. The summed E-state index contributed by atoms with van der Waals surface area (Å²) in [6.45, 7) is 0.326. The van der Waals surface area contributed by atoms with E-state index in [0.717, 1.165) is 24.8 Å². The van der Waals surface area contributed by atoms with Gasteiger partial charge in [-0.2, -0.15) is 0 Å². The van der Waals surface area contributed by atoms with E-state index in [1.54, 1.807) is 58.8 Å². The average molecular weight is 461 g/mol. The molecule has 2 atom stereocenters. The molecule has 0 amide bonds. The van der Waals surface area contributed by atoms with Crippen LogP contribution in [0.2, 0.25) is 0 Å². The fourth-order valence-electron chi connectivity index (χ4n) is 4.21. The van der Waals surface area contributed by atoms with Crippen molar-refractivity contribution in [3.8, 4) is 23.0 Å². The Hall–Kier alpha value is -2.81. The second kappa shape index (κ2) is 12.4. The lowest BCUT2D eigenvalue weighted by Gasteiger charge is -2.24. The summed E-state index contributed by atoms with van der Waals surface area (Å²) in [7, 11) is 6.26. The highest BCUT2D eigenvalue weighted by Gasteiger charge is 2.37. The van der Waals surface area contributed by atoms with E-state index in [1.807, 2.05) is 6.07 Å². The first-order valence-electron chi connectivity index (χ1n) is 10.8. The predicted molar refractivity (Wildman–Crippen MR) is 121 cm³/mol. The van der Waals surface area contributed by atoms with Gasteiger partial charge in [0.25, 0.3) is 0 Å². The molecule has 0 N–H and O–H groups in total. The number of carbonyl (C=O) groups excluding carboxylic acids is 1. The topological polar surface area (TPSA) is 81.7 Å². The quantitative estimate of drug-likeness (QED) is 0.321. The van der Waals surface area contributed by atoms with Gasteiger partial charge in [0.2, 0.25) is 0 Å². The first kappa shape index (κ1) is 24.8. The number of Topliss-reactive ketones (excluding diaryl/α,β-unsaturated/α-hetero) is 1. The van der Waals surface area contributed by atoms with Crippen molar-refractivity contribution in [2.24, 2.45) is 5.92 Å². The fraction of sp³-hybridized carbons (Fsp3) is 0.480. The molecule has 8 heteroatoms. The fourth-order valence-corrected chi connectivity index (χ4v) is 4.21. The number of hydrogen-bond donors (Lipinski definition) is 0. The normalized spacial score (nSPS) is 17.6. The smallest absolute Gasteiger partial charge is 0.188 e. The third-order valence-electron chi connectivity index (χ3n) is 5.68. The minimum absolute atomic E-state index is 0.0474. The van der Waals surface area contributed by atoms with Gasteiger partial charge in [0.1, 0.15) is 11.5 Å². The molecule has 1 aliphatic rings. The van der Waals surface area contributed by atoms with Gasteiger partial charge in [0.15, 0.2) is 37.7 Å². The molecule has 0 spiro atoms. The Morgan fingerprint density at radius 3 is 2.09 bits per heavy atom. The summed E-state index contributed by atoms with van der Waals surface area (Å²) in [5.74, 6) is 2.18. The van der Waals surface area contributed by atoms with Crippen LogP contribution in [-0.2, 0) is 14.2 Å². The summed E-state index contributed by atoms with van der Waals surface area (Å²) >= 11 is 0. The lowest BCUT2D eigenvalue weighted by molar-refractivity contribution is 0.0455. The molecule has 0 aliphatic heterocycles. The summed E-state index contributed by atoms with van der Waals surface area (Å²) in [5.41, 5.74) is 1.52. The van der Waals surface area contributed by atoms with Crippen molar-refractivity contribution in [2.75, 3.05) is 48.8 Å². The summed E-state index contributed by atoms with van der Waals surface area (Å²) in [5, 5.41) is 0. The second-order valence-corrected chi connectivity index (χ2v) is 7.73. The molecule has 2 aromatic rings. The molecular formula is C25H32O8. The maximum atomic E-state index is 13.5. The number of ketones is 1. The second-order valence-electron chi connectivity index (χ2n) is 7.73. The Morgan fingerprint density at radius 1 is 0.818 bits per heavy atom. The minimum Gasteiger partial charge on any atom is -0.493 e. The molecule has 0 radical (unpaired) electrons. The van der Waals surface area contributed by atoms with Crippen LogP contribution in [0.3, 0.4) is 0 Å². The molecule has 1 fully saturated rings. The van der Waals surface area contributed by atoms with Gasteiger partial charge in [-0.25, -0.2) is 0 Å². The third-order valence-corrected chi connectivity index (χ3v) is 5.68. The van der Waals surface area contributed by atoms with Gasteiger partial charge in [-0.05, 0) is 49.1 Å². The summed E-state index contributed by atoms with van der Waals surface area (Å²) in [6.07, 6.45) is 2.58. The van der Waals surface area contributed by atoms with Gasteiger partial charge in [-0.1, -0.05) is 6.42 Å². The molecule has 33 heavy (non-hydrogen) atoms. The van der Waals surface area contributed by atoms with E-state index in [2.05, 4.69) is 0 Å². The number of methoxy groups -OCH3 is 4. The van der Waals surface area contributed by atoms with Crippen molar-refractivity contribution in [1.82, 2.24) is 0 Å². The van der Waals surface area contributed by atoms with Gasteiger partial charge < -0.3 is 33.2 Å². The number of benzene rings is 2. The third kappa shape index (κ3) is 6.16. The predicted octanol–water partition coefficient (Wildman–Crippen LogP) is 4.41. The van der Waals surface area contributed by atoms with Crippen LogP contribution in [0.1, 0.15) is 41.1 Å². The summed E-state index contributed by atoms with van der Waals surface area (Å²) < 4.78 is 37.7. The number of carbonyl (C=O) groups is 1. The van der Waals surface area contributed by atoms with Crippen molar-refractivity contribution in [2.45, 2.75) is 25.2 Å². The van der Waals surface area contributed by atoms with Gasteiger partial charge in [-0.15, -0.1) is 0 Å². The van der Waals surface area contributed by atoms with Crippen LogP contribution in [0.25, 0.3) is 0 Å². The molecule has 0 aromatic heterocycles. The van der Waals surface area contributed by atoms with Gasteiger partial charge >= 0.3 is 0 Å². The van der Waals surface area contributed by atoms with Crippen molar-refractivity contribution < 1.29 is 38.0 Å². The van der Waals surface area contributed by atoms with Crippen molar-refractivity contribution in [3.05, 3.63) is 47.5 Å². The Labute approximate surface area is 194 Å². The maximum absolute atomic E-state index is 13.5. The molecule has 0 saturated heterocycles. The average Bonchev–Trinajstić information content (AvgIpc) is 3.34. The van der Waals surface area contributed by atoms with E-state index in [-0.39, 0.29) is 38.0 Å².